The number of nitrogens with one attached hydrogen (secondary N) is 1. The van der Waals surface area contributed by atoms with Gasteiger partial charge < -0.3 is 10.2 Å². The van der Waals surface area contributed by atoms with Gasteiger partial charge >= 0.3 is 6.18 Å². The van der Waals surface area contributed by atoms with Crippen LogP contribution in [0.2, 0.25) is 0 Å². The second kappa shape index (κ2) is 7.22. The van der Waals surface area contributed by atoms with Gasteiger partial charge in [-0.25, -0.2) is 19.3 Å². The molecule has 3 fully saturated rings. The number of piperidine rings is 1. The molecule has 3 aromatic rings. The van der Waals surface area contributed by atoms with Crippen molar-refractivity contribution >= 4 is 11.7 Å². The maximum absolute atomic E-state index is 14.0. The van der Waals surface area contributed by atoms with Crippen LogP contribution >= 0.6 is 0 Å². The number of halogens is 4. The Balaban J connectivity index is 1.26. The zero-order chi connectivity index (χ0) is 23.7. The third kappa shape index (κ3) is 3.23. The number of likely N-dealkylation sites (tertiary alicyclic amines) is 1. The molecular weight excluding hydrogens is 450 g/mol. The molecule has 6 nitrogen and oxygen atoms in total. The van der Waals surface area contributed by atoms with Crippen LogP contribution in [0.5, 0.6) is 0 Å². The van der Waals surface area contributed by atoms with Gasteiger partial charge in [-0.1, -0.05) is 0 Å². The van der Waals surface area contributed by atoms with E-state index in [9.17, 15) is 22.4 Å². The van der Waals surface area contributed by atoms with E-state index in [4.69, 9.17) is 0 Å². The number of rotatable bonds is 4. The molecule has 1 saturated heterocycles. The lowest BCUT2D eigenvalue weighted by atomic mass is 9.71. The fourth-order valence-electron chi connectivity index (χ4n) is 5.68. The fraction of sp³-hybridized carbons (Fsp3) is 0.333. The Morgan fingerprint density at radius 2 is 1.88 bits per heavy atom. The van der Waals surface area contributed by atoms with E-state index in [0.717, 1.165) is 25.1 Å². The highest BCUT2D eigenvalue weighted by Gasteiger charge is 2.75. The molecule has 3 heterocycles. The average molecular weight is 469 g/mol. The van der Waals surface area contributed by atoms with E-state index in [1.807, 2.05) is 0 Å². The fourth-order valence-corrected chi connectivity index (χ4v) is 5.68. The Morgan fingerprint density at radius 1 is 1.09 bits per heavy atom. The van der Waals surface area contributed by atoms with E-state index in [2.05, 4.69) is 20.3 Å². The van der Waals surface area contributed by atoms with Crippen LogP contribution in [0.3, 0.4) is 0 Å². The minimum atomic E-state index is -4.45. The van der Waals surface area contributed by atoms with Crippen molar-refractivity contribution in [2.24, 2.45) is 11.3 Å². The zero-order valence-electron chi connectivity index (χ0n) is 17.8. The number of carbonyl (C=O) groups excluding carboxylic acids is 1. The number of amides is 1. The van der Waals surface area contributed by atoms with Gasteiger partial charge in [-0.15, -0.1) is 0 Å². The van der Waals surface area contributed by atoms with Crippen LogP contribution in [-0.4, -0.2) is 44.4 Å². The largest absolute Gasteiger partial charge is 0.417 e. The summed E-state index contributed by atoms with van der Waals surface area (Å²) in [5, 5.41) is 3.22. The van der Waals surface area contributed by atoms with Crippen LogP contribution in [0.1, 0.15) is 28.8 Å². The van der Waals surface area contributed by atoms with Crippen LogP contribution in [0.4, 0.5) is 23.4 Å². The van der Waals surface area contributed by atoms with Crippen molar-refractivity contribution in [1.82, 2.24) is 19.9 Å². The van der Waals surface area contributed by atoms with Gasteiger partial charge in [0, 0.05) is 36.7 Å². The molecule has 2 aliphatic carbocycles. The maximum atomic E-state index is 14.0. The van der Waals surface area contributed by atoms with E-state index in [1.54, 1.807) is 11.0 Å². The Bertz CT molecular complexity index is 1270. The molecule has 2 aromatic heterocycles. The number of anilines is 1. The maximum Gasteiger partial charge on any atom is 0.417 e. The number of hydrogen-bond acceptors (Lipinski definition) is 5. The number of alkyl halides is 3. The first-order valence-corrected chi connectivity index (χ1v) is 10.9. The van der Waals surface area contributed by atoms with Gasteiger partial charge in [-0.3, -0.25) is 4.79 Å². The summed E-state index contributed by atoms with van der Waals surface area (Å²) in [6.45, 7) is 0.592. The van der Waals surface area contributed by atoms with E-state index < -0.39 is 17.6 Å². The summed E-state index contributed by atoms with van der Waals surface area (Å²) in [7, 11) is 0. The summed E-state index contributed by atoms with van der Waals surface area (Å²) >= 11 is 0. The third-order valence-corrected chi connectivity index (χ3v) is 7.31. The lowest BCUT2D eigenvalue weighted by molar-refractivity contribution is -0.137. The van der Waals surface area contributed by atoms with Crippen molar-refractivity contribution < 1.29 is 22.4 Å². The third-order valence-electron chi connectivity index (χ3n) is 7.31. The van der Waals surface area contributed by atoms with Gasteiger partial charge in [0.05, 0.1) is 17.2 Å². The Kier molecular flexibility index (Phi) is 4.46. The topological polar surface area (TPSA) is 71.0 Å². The van der Waals surface area contributed by atoms with E-state index in [0.29, 0.717) is 29.4 Å². The highest BCUT2D eigenvalue weighted by atomic mass is 19.4. The number of carbonyl (C=O) groups is 1. The Morgan fingerprint density at radius 3 is 2.59 bits per heavy atom. The molecule has 1 N–H and O–H groups in total. The predicted molar refractivity (Wildman–Crippen MR) is 114 cm³/mol. The van der Waals surface area contributed by atoms with Crippen LogP contribution in [0, 0.1) is 17.2 Å². The van der Waals surface area contributed by atoms with Crippen molar-refractivity contribution in [3.05, 3.63) is 71.9 Å². The SMILES string of the molecule is O=C(c1ccc(F)cc1-c1ncccn1)N1CC2CC23CC(Nc2ccc(C(F)(F)F)cn2)C13. The van der Waals surface area contributed by atoms with Gasteiger partial charge in [0.25, 0.3) is 5.91 Å². The van der Waals surface area contributed by atoms with Crippen molar-refractivity contribution in [1.29, 1.82) is 0 Å². The standard InChI is InChI=1S/C24H19F4N5O/c25-15-3-4-16(17(8-15)21-29-6-1-7-30-21)22(34)33-12-14-9-23(14)10-18(20(23)33)32-19-5-2-13(11-31-19)24(26,27)28/h1-8,11,14,18,20H,9-10,12H2,(H,31,32). The first kappa shape index (κ1) is 21.0. The number of benzene rings is 1. The van der Waals surface area contributed by atoms with Gasteiger partial charge in [-0.2, -0.15) is 13.2 Å². The lowest BCUT2D eigenvalue weighted by Gasteiger charge is -2.48. The molecular formula is C24H19F4N5O. The molecule has 1 amide bonds. The van der Waals surface area contributed by atoms with Crippen LogP contribution in [0.25, 0.3) is 11.4 Å². The van der Waals surface area contributed by atoms with Crippen LogP contribution in [-0.2, 0) is 6.18 Å². The van der Waals surface area contributed by atoms with Gasteiger partial charge in [0.1, 0.15) is 11.6 Å². The summed E-state index contributed by atoms with van der Waals surface area (Å²) in [5.41, 5.74) is -0.117. The second-order valence-corrected chi connectivity index (χ2v) is 9.18. The highest BCUT2D eigenvalue weighted by Crippen LogP contribution is 2.71. The number of nitrogens with zero attached hydrogens (tertiary/aromatic N) is 4. The van der Waals surface area contributed by atoms with Crippen molar-refractivity contribution in [2.75, 3.05) is 11.9 Å². The van der Waals surface area contributed by atoms with E-state index in [1.165, 1.54) is 36.7 Å². The summed E-state index contributed by atoms with van der Waals surface area (Å²) in [5.74, 6) is 0.283. The monoisotopic (exact) mass is 469 g/mol. The molecule has 1 aromatic carbocycles. The molecule has 0 bridgehead atoms. The molecule has 1 spiro atoms. The Hall–Kier alpha value is -3.56. The van der Waals surface area contributed by atoms with Crippen molar-refractivity contribution in [3.8, 4) is 11.4 Å². The summed E-state index contributed by atoms with van der Waals surface area (Å²) < 4.78 is 52.5. The molecule has 3 aliphatic rings. The predicted octanol–water partition coefficient (Wildman–Crippen LogP) is 4.41. The number of pyridine rings is 1. The highest BCUT2D eigenvalue weighted by molar-refractivity contribution is 6.01. The zero-order valence-corrected chi connectivity index (χ0v) is 17.8. The van der Waals surface area contributed by atoms with Crippen molar-refractivity contribution in [3.63, 3.8) is 0 Å². The molecule has 34 heavy (non-hydrogen) atoms. The summed E-state index contributed by atoms with van der Waals surface area (Å²) in [6.07, 6.45) is 1.27. The normalized spacial score (nSPS) is 26.9. The molecule has 6 rings (SSSR count). The van der Waals surface area contributed by atoms with Crippen molar-refractivity contribution in [2.45, 2.75) is 31.1 Å². The van der Waals surface area contributed by atoms with E-state index in [-0.39, 0.29) is 29.2 Å². The average Bonchev–Trinajstić information content (AvgIpc) is 3.47. The summed E-state index contributed by atoms with van der Waals surface area (Å²) in [4.78, 5) is 27.7. The molecule has 4 atom stereocenters. The molecule has 0 radical (unpaired) electrons. The second-order valence-electron chi connectivity index (χ2n) is 9.18. The smallest absolute Gasteiger partial charge is 0.365 e. The quantitative estimate of drug-likeness (QED) is 0.574. The van der Waals surface area contributed by atoms with Gasteiger partial charge in [-0.05, 0) is 60.6 Å². The van der Waals surface area contributed by atoms with Crippen LogP contribution in [0.15, 0.2) is 55.0 Å². The van der Waals surface area contributed by atoms with E-state index >= 15 is 0 Å². The first-order valence-electron chi connectivity index (χ1n) is 10.9. The van der Waals surface area contributed by atoms with Gasteiger partial charge in [0.2, 0.25) is 0 Å². The molecule has 10 heteroatoms. The molecule has 1 aliphatic heterocycles. The minimum Gasteiger partial charge on any atom is -0.365 e. The molecule has 174 valence electrons. The minimum absolute atomic E-state index is 0.0443. The molecule has 4 unspecified atom stereocenters. The van der Waals surface area contributed by atoms with Gasteiger partial charge in [0.15, 0.2) is 5.82 Å². The summed E-state index contributed by atoms with van der Waals surface area (Å²) in [6, 6.07) is 7.67. The molecule has 2 saturated carbocycles. The Labute approximate surface area is 192 Å². The number of hydrogen-bond donors (Lipinski definition) is 1. The first-order chi connectivity index (χ1) is 16.3. The lowest BCUT2D eigenvalue weighted by Crippen LogP contribution is -2.60. The number of aromatic nitrogens is 3. The van der Waals surface area contributed by atoms with Crippen LogP contribution < -0.4 is 5.32 Å².